The molecule has 1 unspecified atom stereocenters. The van der Waals surface area contributed by atoms with Crippen molar-refractivity contribution in [1.82, 2.24) is 0 Å². The average molecular weight is 312 g/mol. The Balaban J connectivity index is 1.95. The first kappa shape index (κ1) is 15.0. The van der Waals surface area contributed by atoms with Gasteiger partial charge in [0.1, 0.15) is 5.82 Å². The van der Waals surface area contributed by atoms with Crippen molar-refractivity contribution in [2.45, 2.75) is 17.9 Å². The third-order valence-electron chi connectivity index (χ3n) is 2.72. The van der Waals surface area contributed by atoms with Gasteiger partial charge in [0.05, 0.1) is 10.8 Å². The number of hydrogen-bond donors (Lipinski definition) is 1. The van der Waals surface area contributed by atoms with E-state index in [0.29, 0.717) is 15.7 Å². The van der Waals surface area contributed by atoms with E-state index in [0.717, 1.165) is 5.69 Å². The zero-order chi connectivity index (χ0) is 14.5. The Morgan fingerprint density at radius 2 is 1.95 bits per heavy atom. The molecule has 0 heterocycles. The van der Waals surface area contributed by atoms with Gasteiger partial charge in [-0.15, -0.1) is 0 Å². The van der Waals surface area contributed by atoms with Gasteiger partial charge in [-0.05, 0) is 49.4 Å². The molecule has 0 amide bonds. The minimum Gasteiger partial charge on any atom is -0.382 e. The predicted octanol–water partition coefficient (Wildman–Crippen LogP) is 4.09. The zero-order valence-corrected chi connectivity index (χ0v) is 12.5. The van der Waals surface area contributed by atoms with Gasteiger partial charge in [0.2, 0.25) is 0 Å². The first-order chi connectivity index (χ1) is 9.54. The molecule has 0 bridgehead atoms. The number of rotatable bonds is 5. The van der Waals surface area contributed by atoms with Crippen LogP contribution in [0.15, 0.2) is 53.4 Å². The first-order valence-corrected chi connectivity index (χ1v) is 7.90. The van der Waals surface area contributed by atoms with Gasteiger partial charge in [-0.1, -0.05) is 17.7 Å². The van der Waals surface area contributed by atoms with Crippen molar-refractivity contribution in [3.63, 3.8) is 0 Å². The molecule has 0 radical (unpaired) electrons. The molecule has 2 nitrogen and oxygen atoms in total. The smallest absolute Gasteiger partial charge is 0.123 e. The van der Waals surface area contributed by atoms with Crippen LogP contribution >= 0.6 is 11.6 Å². The van der Waals surface area contributed by atoms with Crippen LogP contribution in [0.2, 0.25) is 5.02 Å². The normalized spacial score (nSPS) is 13.8. The van der Waals surface area contributed by atoms with Gasteiger partial charge in [-0.2, -0.15) is 0 Å². The summed E-state index contributed by atoms with van der Waals surface area (Å²) in [6.45, 7) is 1.94. The SMILES string of the molecule is CC(C[S@](=O)c1cccc(Cl)c1)Nc1ccc(F)cc1. The lowest BCUT2D eigenvalue weighted by Gasteiger charge is -2.15. The molecular formula is C15H15ClFNOS. The Labute approximate surface area is 125 Å². The molecule has 0 aromatic heterocycles. The highest BCUT2D eigenvalue weighted by molar-refractivity contribution is 7.85. The Kier molecular flexibility index (Phi) is 5.15. The summed E-state index contributed by atoms with van der Waals surface area (Å²) in [6.07, 6.45) is 0. The van der Waals surface area contributed by atoms with Crippen LogP contribution in [-0.4, -0.2) is 16.0 Å². The zero-order valence-electron chi connectivity index (χ0n) is 11.0. The van der Waals surface area contributed by atoms with E-state index >= 15 is 0 Å². The third-order valence-corrected chi connectivity index (χ3v) is 4.54. The van der Waals surface area contributed by atoms with Crippen LogP contribution in [0.4, 0.5) is 10.1 Å². The van der Waals surface area contributed by atoms with E-state index in [2.05, 4.69) is 5.32 Å². The van der Waals surface area contributed by atoms with E-state index in [1.54, 1.807) is 36.4 Å². The summed E-state index contributed by atoms with van der Waals surface area (Å²) in [7, 11) is -1.12. The van der Waals surface area contributed by atoms with Crippen molar-refractivity contribution in [2.24, 2.45) is 0 Å². The van der Waals surface area contributed by atoms with Crippen LogP contribution in [0.1, 0.15) is 6.92 Å². The second-order valence-corrected chi connectivity index (χ2v) is 6.45. The minimum absolute atomic E-state index is 0.000256. The van der Waals surface area contributed by atoms with Gasteiger partial charge in [0, 0.05) is 27.4 Å². The summed E-state index contributed by atoms with van der Waals surface area (Å²) in [6, 6.07) is 13.2. The van der Waals surface area contributed by atoms with E-state index < -0.39 is 10.8 Å². The molecule has 2 aromatic rings. The van der Waals surface area contributed by atoms with Gasteiger partial charge >= 0.3 is 0 Å². The summed E-state index contributed by atoms with van der Waals surface area (Å²) >= 11 is 5.88. The molecule has 2 aromatic carbocycles. The third kappa shape index (κ3) is 4.32. The number of anilines is 1. The van der Waals surface area contributed by atoms with Crippen LogP contribution < -0.4 is 5.32 Å². The molecule has 2 rings (SSSR count). The highest BCUT2D eigenvalue weighted by Gasteiger charge is 2.10. The summed E-state index contributed by atoms with van der Waals surface area (Å²) in [4.78, 5) is 0.713. The average Bonchev–Trinajstić information content (AvgIpc) is 2.41. The first-order valence-electron chi connectivity index (χ1n) is 6.20. The van der Waals surface area contributed by atoms with Gasteiger partial charge in [0.25, 0.3) is 0 Å². The molecule has 1 N–H and O–H groups in total. The quantitative estimate of drug-likeness (QED) is 0.901. The summed E-state index contributed by atoms with van der Waals surface area (Å²) in [5.74, 6) is 0.184. The molecule has 2 atom stereocenters. The van der Waals surface area contributed by atoms with Crippen molar-refractivity contribution in [3.8, 4) is 0 Å². The summed E-state index contributed by atoms with van der Waals surface area (Å²) in [5, 5.41) is 3.77. The maximum atomic E-state index is 12.8. The number of hydrogen-bond acceptors (Lipinski definition) is 2. The number of nitrogens with one attached hydrogen (secondary N) is 1. The Hall–Kier alpha value is -1.39. The van der Waals surface area contributed by atoms with Gasteiger partial charge in [0.15, 0.2) is 0 Å². The molecule has 0 aliphatic heterocycles. The van der Waals surface area contributed by atoms with Crippen LogP contribution in [0.3, 0.4) is 0 Å². The molecule has 5 heteroatoms. The number of benzene rings is 2. The lowest BCUT2D eigenvalue weighted by molar-refractivity contribution is 0.628. The largest absolute Gasteiger partial charge is 0.382 e. The van der Waals surface area contributed by atoms with Crippen molar-refractivity contribution in [2.75, 3.05) is 11.1 Å². The Morgan fingerprint density at radius 1 is 1.25 bits per heavy atom. The summed E-state index contributed by atoms with van der Waals surface area (Å²) in [5.41, 5.74) is 0.807. The Morgan fingerprint density at radius 3 is 2.60 bits per heavy atom. The van der Waals surface area contributed by atoms with Crippen molar-refractivity contribution < 1.29 is 8.60 Å². The fourth-order valence-electron chi connectivity index (χ4n) is 1.80. The van der Waals surface area contributed by atoms with Crippen molar-refractivity contribution >= 4 is 28.1 Å². The maximum Gasteiger partial charge on any atom is 0.123 e. The van der Waals surface area contributed by atoms with Gasteiger partial charge in [-0.25, -0.2) is 4.39 Å². The van der Waals surface area contributed by atoms with E-state index in [1.165, 1.54) is 12.1 Å². The molecular weight excluding hydrogens is 297 g/mol. The van der Waals surface area contributed by atoms with Gasteiger partial charge in [-0.3, -0.25) is 4.21 Å². The van der Waals surface area contributed by atoms with Crippen molar-refractivity contribution in [1.29, 1.82) is 0 Å². The highest BCUT2D eigenvalue weighted by atomic mass is 35.5. The highest BCUT2D eigenvalue weighted by Crippen LogP contribution is 2.16. The molecule has 106 valence electrons. The van der Waals surface area contributed by atoms with Crippen molar-refractivity contribution in [3.05, 3.63) is 59.4 Å². The lowest BCUT2D eigenvalue weighted by atomic mass is 10.3. The standard InChI is InChI=1S/C15H15ClFNOS/c1-11(18-14-7-5-13(17)6-8-14)10-20(19)15-4-2-3-12(16)9-15/h2-9,11,18H,10H2,1H3/t11?,20-/m0/s1. The van der Waals surface area contributed by atoms with Crippen LogP contribution in [0.5, 0.6) is 0 Å². The second kappa shape index (κ2) is 6.86. The minimum atomic E-state index is -1.12. The molecule has 0 saturated heterocycles. The monoisotopic (exact) mass is 311 g/mol. The number of halogens is 2. The van der Waals surface area contributed by atoms with Crippen LogP contribution in [0.25, 0.3) is 0 Å². The van der Waals surface area contributed by atoms with Crippen LogP contribution in [0, 0.1) is 5.82 Å². The summed E-state index contributed by atoms with van der Waals surface area (Å²) < 4.78 is 25.0. The van der Waals surface area contributed by atoms with Gasteiger partial charge < -0.3 is 5.32 Å². The maximum absolute atomic E-state index is 12.8. The molecule has 0 saturated carbocycles. The fourth-order valence-corrected chi connectivity index (χ4v) is 3.28. The van der Waals surface area contributed by atoms with Crippen LogP contribution in [-0.2, 0) is 10.8 Å². The lowest BCUT2D eigenvalue weighted by Crippen LogP contribution is -2.22. The topological polar surface area (TPSA) is 29.1 Å². The van der Waals surface area contributed by atoms with E-state index in [-0.39, 0.29) is 11.9 Å². The second-order valence-electron chi connectivity index (χ2n) is 4.52. The Bertz CT molecular complexity index is 603. The molecule has 0 aliphatic carbocycles. The van der Waals surface area contributed by atoms with E-state index in [9.17, 15) is 8.60 Å². The van der Waals surface area contributed by atoms with E-state index in [1.807, 2.05) is 6.92 Å². The molecule has 0 aliphatic rings. The van der Waals surface area contributed by atoms with E-state index in [4.69, 9.17) is 11.6 Å². The molecule has 0 fully saturated rings. The fraction of sp³-hybridized carbons (Fsp3) is 0.200. The molecule has 20 heavy (non-hydrogen) atoms. The predicted molar refractivity (Wildman–Crippen MR) is 82.2 cm³/mol. The molecule has 0 spiro atoms.